The molecule has 0 fully saturated rings. The monoisotopic (exact) mass is 352 g/mol. The van der Waals surface area contributed by atoms with Gasteiger partial charge in [0.1, 0.15) is 5.75 Å². The summed E-state index contributed by atoms with van der Waals surface area (Å²) in [5.41, 5.74) is 2.43. The van der Waals surface area contributed by atoms with Crippen LogP contribution < -0.4 is 20.9 Å². The number of nitrogens with zero attached hydrogens (tertiary/aromatic N) is 4. The summed E-state index contributed by atoms with van der Waals surface area (Å²) >= 11 is 3.37. The van der Waals surface area contributed by atoms with Crippen molar-refractivity contribution >= 4 is 27.8 Å². The van der Waals surface area contributed by atoms with Crippen LogP contribution in [0.15, 0.2) is 28.7 Å². The van der Waals surface area contributed by atoms with Gasteiger partial charge < -0.3 is 9.64 Å². The molecule has 1 heterocycles. The van der Waals surface area contributed by atoms with E-state index in [1.54, 1.807) is 0 Å². The highest BCUT2D eigenvalue weighted by molar-refractivity contribution is 9.10. The van der Waals surface area contributed by atoms with Crippen LogP contribution in [0.25, 0.3) is 0 Å². The summed E-state index contributed by atoms with van der Waals surface area (Å²) in [7, 11) is 0. The summed E-state index contributed by atoms with van der Waals surface area (Å²) in [4.78, 5) is 14.6. The van der Waals surface area contributed by atoms with Crippen molar-refractivity contribution in [2.45, 2.75) is 13.8 Å². The Kier molecular flexibility index (Phi) is 5.29. The van der Waals surface area contributed by atoms with Crippen molar-refractivity contribution in [2.24, 2.45) is 5.84 Å². The molecule has 0 amide bonds. The first-order valence-corrected chi connectivity index (χ1v) is 7.36. The minimum atomic E-state index is 0.196. The second-order valence-electron chi connectivity index (χ2n) is 4.11. The van der Waals surface area contributed by atoms with E-state index in [9.17, 15) is 0 Å². The van der Waals surface area contributed by atoms with E-state index in [1.807, 2.05) is 43.0 Å². The lowest BCUT2D eigenvalue weighted by molar-refractivity contribution is 0.440. The van der Waals surface area contributed by atoms with E-state index in [2.05, 4.69) is 36.3 Å². The number of hydrazine groups is 1. The van der Waals surface area contributed by atoms with Crippen molar-refractivity contribution in [1.29, 1.82) is 0 Å². The Balaban J connectivity index is 2.29. The number of nitrogens with one attached hydrogen (secondary N) is 1. The van der Waals surface area contributed by atoms with Gasteiger partial charge in [-0.1, -0.05) is 15.9 Å². The fourth-order valence-corrected chi connectivity index (χ4v) is 1.98. The highest BCUT2D eigenvalue weighted by atomic mass is 79.9. The summed E-state index contributed by atoms with van der Waals surface area (Å²) < 4.78 is 6.62. The van der Waals surface area contributed by atoms with E-state index in [-0.39, 0.29) is 12.0 Å². The van der Waals surface area contributed by atoms with Crippen molar-refractivity contribution < 1.29 is 4.74 Å². The van der Waals surface area contributed by atoms with Crippen LogP contribution in [0.3, 0.4) is 0 Å². The summed E-state index contributed by atoms with van der Waals surface area (Å²) in [6.45, 7) is 5.61. The number of rotatable bonds is 6. The molecule has 7 nitrogen and oxygen atoms in total. The molecule has 0 unspecified atom stereocenters. The summed E-state index contributed by atoms with van der Waals surface area (Å²) in [6.07, 6.45) is 0. The Morgan fingerprint density at radius 2 is 1.81 bits per heavy atom. The van der Waals surface area contributed by atoms with Gasteiger partial charge in [0.25, 0.3) is 0 Å². The van der Waals surface area contributed by atoms with E-state index < -0.39 is 0 Å². The molecule has 21 heavy (non-hydrogen) atoms. The largest absolute Gasteiger partial charge is 0.424 e. The molecular formula is C13H17BrN6O. The highest BCUT2D eigenvalue weighted by Crippen LogP contribution is 2.22. The smallest absolute Gasteiger partial charge is 0.328 e. The van der Waals surface area contributed by atoms with Crippen molar-refractivity contribution in [3.63, 3.8) is 0 Å². The predicted octanol–water partition coefficient (Wildman–Crippen LogP) is 2.56. The third-order valence-electron chi connectivity index (χ3n) is 2.80. The first kappa shape index (κ1) is 15.5. The van der Waals surface area contributed by atoms with Crippen molar-refractivity contribution in [2.75, 3.05) is 23.4 Å². The number of nitrogens with two attached hydrogens (primary N) is 1. The molecule has 0 aliphatic rings. The van der Waals surface area contributed by atoms with Crippen molar-refractivity contribution in [1.82, 2.24) is 15.0 Å². The topological polar surface area (TPSA) is 89.2 Å². The van der Waals surface area contributed by atoms with Gasteiger partial charge in [0, 0.05) is 17.6 Å². The second kappa shape index (κ2) is 7.19. The molecule has 112 valence electrons. The van der Waals surface area contributed by atoms with E-state index >= 15 is 0 Å². The van der Waals surface area contributed by atoms with Gasteiger partial charge in [0.2, 0.25) is 11.9 Å². The zero-order valence-corrected chi connectivity index (χ0v) is 13.5. The lowest BCUT2D eigenvalue weighted by Crippen LogP contribution is -2.25. The fraction of sp³-hybridized carbons (Fsp3) is 0.308. The van der Waals surface area contributed by atoms with Gasteiger partial charge in [-0.2, -0.15) is 15.0 Å². The average molecular weight is 353 g/mol. The standard InChI is InChI=1S/C13H17BrN6O/c1-3-20(4-2)12-16-11(19-15)17-13(18-12)21-10-7-5-9(14)6-8-10/h5-8H,3-4,15H2,1-2H3,(H,16,17,18,19). The highest BCUT2D eigenvalue weighted by Gasteiger charge is 2.12. The molecule has 0 spiro atoms. The van der Waals surface area contributed by atoms with Crippen LogP contribution in [0.2, 0.25) is 0 Å². The zero-order chi connectivity index (χ0) is 15.2. The van der Waals surface area contributed by atoms with Crippen LogP contribution >= 0.6 is 15.9 Å². The Hall–Kier alpha value is -1.93. The number of anilines is 2. The molecular weight excluding hydrogens is 336 g/mol. The Morgan fingerprint density at radius 3 is 2.38 bits per heavy atom. The molecule has 0 radical (unpaired) electrons. The molecule has 2 aromatic rings. The van der Waals surface area contributed by atoms with Gasteiger partial charge in [0.15, 0.2) is 0 Å². The van der Waals surface area contributed by atoms with Crippen LogP contribution in [0.4, 0.5) is 11.9 Å². The van der Waals surface area contributed by atoms with Gasteiger partial charge in [-0.05, 0) is 38.1 Å². The van der Waals surface area contributed by atoms with Crippen LogP contribution in [0, 0.1) is 0 Å². The van der Waals surface area contributed by atoms with Crippen LogP contribution in [-0.2, 0) is 0 Å². The summed E-state index contributed by atoms with van der Waals surface area (Å²) in [5, 5.41) is 0. The molecule has 1 aromatic carbocycles. The van der Waals surface area contributed by atoms with Gasteiger partial charge in [-0.3, -0.25) is 5.43 Å². The third-order valence-corrected chi connectivity index (χ3v) is 3.33. The van der Waals surface area contributed by atoms with Gasteiger partial charge in [-0.25, -0.2) is 5.84 Å². The molecule has 0 atom stereocenters. The SMILES string of the molecule is CCN(CC)c1nc(NN)nc(Oc2ccc(Br)cc2)n1. The lowest BCUT2D eigenvalue weighted by Gasteiger charge is -2.19. The number of hydrogen-bond donors (Lipinski definition) is 2. The summed E-state index contributed by atoms with van der Waals surface area (Å²) in [6, 6.07) is 7.59. The van der Waals surface area contributed by atoms with Crippen LogP contribution in [0.5, 0.6) is 11.8 Å². The predicted molar refractivity (Wildman–Crippen MR) is 85.4 cm³/mol. The van der Waals surface area contributed by atoms with Gasteiger partial charge in [0.05, 0.1) is 0 Å². The molecule has 0 saturated carbocycles. The fourth-order valence-electron chi connectivity index (χ4n) is 1.71. The molecule has 1 aromatic heterocycles. The molecule has 0 aliphatic heterocycles. The number of benzene rings is 1. The van der Waals surface area contributed by atoms with Crippen molar-refractivity contribution in [3.8, 4) is 11.8 Å². The third kappa shape index (κ3) is 4.02. The number of halogens is 1. The molecule has 0 aliphatic carbocycles. The lowest BCUT2D eigenvalue weighted by atomic mass is 10.3. The molecule has 2 rings (SSSR count). The van der Waals surface area contributed by atoms with E-state index in [1.165, 1.54) is 0 Å². The maximum Gasteiger partial charge on any atom is 0.328 e. The van der Waals surface area contributed by atoms with Crippen molar-refractivity contribution in [3.05, 3.63) is 28.7 Å². The number of aromatic nitrogens is 3. The average Bonchev–Trinajstić information content (AvgIpc) is 2.50. The van der Waals surface area contributed by atoms with Crippen LogP contribution in [0.1, 0.15) is 13.8 Å². The van der Waals surface area contributed by atoms with Gasteiger partial charge >= 0.3 is 6.01 Å². The molecule has 8 heteroatoms. The molecule has 3 N–H and O–H groups in total. The minimum Gasteiger partial charge on any atom is -0.424 e. The normalized spacial score (nSPS) is 10.3. The van der Waals surface area contributed by atoms with Gasteiger partial charge in [-0.15, -0.1) is 0 Å². The minimum absolute atomic E-state index is 0.196. The maximum absolute atomic E-state index is 5.65. The van der Waals surface area contributed by atoms with E-state index in [4.69, 9.17) is 10.6 Å². The summed E-state index contributed by atoms with van der Waals surface area (Å²) in [5.74, 6) is 6.82. The van der Waals surface area contributed by atoms with Crippen LogP contribution in [-0.4, -0.2) is 28.0 Å². The maximum atomic E-state index is 5.65. The zero-order valence-electron chi connectivity index (χ0n) is 11.9. The molecule has 0 bridgehead atoms. The molecule has 0 saturated heterocycles. The van der Waals surface area contributed by atoms with E-state index in [0.717, 1.165) is 17.6 Å². The van der Waals surface area contributed by atoms with E-state index in [0.29, 0.717) is 11.7 Å². The number of nitrogen functional groups attached to an aromatic ring is 1. The Morgan fingerprint density at radius 1 is 1.14 bits per heavy atom. The second-order valence-corrected chi connectivity index (χ2v) is 5.03. The Labute approximate surface area is 131 Å². The first-order chi connectivity index (χ1) is 10.2. The number of hydrogen-bond acceptors (Lipinski definition) is 7. The first-order valence-electron chi connectivity index (χ1n) is 6.57. The quantitative estimate of drug-likeness (QED) is 0.609. The Bertz CT molecular complexity index is 588. The number of ether oxygens (including phenoxy) is 1.